The fourth-order valence-electron chi connectivity index (χ4n) is 4.83. The first kappa shape index (κ1) is 14.6. The summed E-state index contributed by atoms with van der Waals surface area (Å²) in [6.07, 6.45) is 5.95. The smallest absolute Gasteiger partial charge is 0.238 e. The molecule has 0 spiro atoms. The average molecular weight is 329 g/mol. The van der Waals surface area contributed by atoms with Crippen LogP contribution in [0.15, 0.2) is 66.7 Å². The highest BCUT2D eigenvalue weighted by Crippen LogP contribution is 2.53. The van der Waals surface area contributed by atoms with Gasteiger partial charge in [0.25, 0.3) is 0 Å². The van der Waals surface area contributed by atoms with E-state index in [1.54, 1.807) is 0 Å². The lowest BCUT2D eigenvalue weighted by Crippen LogP contribution is -2.33. The lowest BCUT2D eigenvalue weighted by atomic mass is 9.85. The zero-order valence-electron chi connectivity index (χ0n) is 13.8. The molecule has 0 radical (unpaired) electrons. The summed E-state index contributed by atoms with van der Waals surface area (Å²) < 4.78 is 0. The number of para-hydroxylation sites is 1. The summed E-state index contributed by atoms with van der Waals surface area (Å²) in [6.45, 7) is 0. The SMILES string of the molecule is O=C1[C@@H]2[C@H](C(=O)N1c1ccccc1Cc1ccccc1)[C@@H]1C=C[C@H]2C1. The van der Waals surface area contributed by atoms with Crippen molar-refractivity contribution in [2.75, 3.05) is 4.90 Å². The van der Waals surface area contributed by atoms with Crippen LogP contribution >= 0.6 is 0 Å². The Hall–Kier alpha value is -2.68. The Kier molecular flexibility index (Phi) is 3.17. The van der Waals surface area contributed by atoms with Crippen LogP contribution in [0.1, 0.15) is 17.5 Å². The molecule has 4 atom stereocenters. The van der Waals surface area contributed by atoms with Crippen LogP contribution in [-0.4, -0.2) is 11.8 Å². The summed E-state index contributed by atoms with van der Waals surface area (Å²) in [7, 11) is 0. The molecule has 2 aromatic rings. The van der Waals surface area contributed by atoms with E-state index in [1.165, 1.54) is 10.5 Å². The van der Waals surface area contributed by atoms with E-state index >= 15 is 0 Å². The van der Waals surface area contributed by atoms with Crippen LogP contribution < -0.4 is 4.90 Å². The summed E-state index contributed by atoms with van der Waals surface area (Å²) in [5, 5.41) is 0. The van der Waals surface area contributed by atoms with Crippen molar-refractivity contribution in [1.82, 2.24) is 0 Å². The summed E-state index contributed by atoms with van der Waals surface area (Å²) in [6, 6.07) is 18.0. The fourth-order valence-corrected chi connectivity index (χ4v) is 4.83. The third-order valence-electron chi connectivity index (χ3n) is 5.94. The number of hydrogen-bond donors (Lipinski definition) is 0. The third-order valence-corrected chi connectivity index (χ3v) is 5.94. The van der Waals surface area contributed by atoms with Crippen LogP contribution in [0.5, 0.6) is 0 Å². The monoisotopic (exact) mass is 329 g/mol. The molecular weight excluding hydrogens is 310 g/mol. The second kappa shape index (κ2) is 5.41. The largest absolute Gasteiger partial charge is 0.274 e. The number of imide groups is 1. The number of carbonyl (C=O) groups is 2. The summed E-state index contributed by atoms with van der Waals surface area (Å²) in [5.74, 6) is 0.190. The van der Waals surface area contributed by atoms with Crippen molar-refractivity contribution in [1.29, 1.82) is 0 Å². The van der Waals surface area contributed by atoms with Gasteiger partial charge in [0.2, 0.25) is 11.8 Å². The van der Waals surface area contributed by atoms with Gasteiger partial charge >= 0.3 is 0 Å². The van der Waals surface area contributed by atoms with Crippen molar-refractivity contribution < 1.29 is 9.59 Å². The highest BCUT2D eigenvalue weighted by Gasteiger charge is 2.59. The summed E-state index contributed by atoms with van der Waals surface area (Å²) in [5.41, 5.74) is 2.96. The number of rotatable bonds is 3. The molecule has 3 nitrogen and oxygen atoms in total. The van der Waals surface area contributed by atoms with E-state index in [0.717, 1.165) is 17.7 Å². The molecule has 1 saturated carbocycles. The Labute approximate surface area is 147 Å². The van der Waals surface area contributed by atoms with E-state index < -0.39 is 0 Å². The molecule has 2 amide bonds. The molecule has 0 unspecified atom stereocenters. The van der Waals surface area contributed by atoms with Crippen molar-refractivity contribution in [3.63, 3.8) is 0 Å². The quantitative estimate of drug-likeness (QED) is 0.637. The molecule has 1 saturated heterocycles. The lowest BCUT2D eigenvalue weighted by molar-refractivity contribution is -0.123. The van der Waals surface area contributed by atoms with E-state index in [1.807, 2.05) is 42.5 Å². The minimum atomic E-state index is -0.146. The number of allylic oxidation sites excluding steroid dienone is 2. The second-order valence-corrected chi connectivity index (χ2v) is 7.30. The first-order valence-electron chi connectivity index (χ1n) is 8.92. The number of amides is 2. The molecule has 0 N–H and O–H groups in total. The molecule has 0 aromatic heterocycles. The van der Waals surface area contributed by atoms with Gasteiger partial charge in [-0.2, -0.15) is 0 Å². The number of anilines is 1. The van der Waals surface area contributed by atoms with Gasteiger partial charge in [-0.05, 0) is 41.9 Å². The van der Waals surface area contributed by atoms with E-state index in [2.05, 4.69) is 24.3 Å². The molecule has 1 aliphatic heterocycles. The van der Waals surface area contributed by atoms with Crippen molar-refractivity contribution in [3.8, 4) is 0 Å². The number of nitrogens with zero attached hydrogens (tertiary/aromatic N) is 1. The Morgan fingerprint density at radius 3 is 2.08 bits per heavy atom. The van der Waals surface area contributed by atoms with Crippen LogP contribution in [0, 0.1) is 23.7 Å². The van der Waals surface area contributed by atoms with Crippen LogP contribution in [0.3, 0.4) is 0 Å². The minimum absolute atomic E-state index is 0.00707. The highest BCUT2D eigenvalue weighted by molar-refractivity contribution is 6.23. The zero-order valence-corrected chi connectivity index (χ0v) is 13.8. The Morgan fingerprint density at radius 2 is 1.40 bits per heavy atom. The van der Waals surface area contributed by atoms with Gasteiger partial charge in [0.15, 0.2) is 0 Å². The number of benzene rings is 2. The maximum absolute atomic E-state index is 13.1. The standard InChI is InChI=1S/C22H19NO2/c24-21-19-16-10-11-17(13-16)20(19)22(25)23(21)18-9-5-4-8-15(18)12-14-6-2-1-3-7-14/h1-11,16-17,19-20H,12-13H2/t16-,17+,19-,20+. The molecule has 25 heavy (non-hydrogen) atoms. The molecule has 1 heterocycles. The van der Waals surface area contributed by atoms with Crippen LogP contribution in [0.2, 0.25) is 0 Å². The lowest BCUT2D eigenvalue weighted by Gasteiger charge is -2.20. The minimum Gasteiger partial charge on any atom is -0.274 e. The molecule has 5 rings (SSSR count). The van der Waals surface area contributed by atoms with Crippen molar-refractivity contribution in [2.45, 2.75) is 12.8 Å². The van der Waals surface area contributed by atoms with Gasteiger partial charge in [-0.1, -0.05) is 60.7 Å². The molecule has 3 heteroatoms. The molecular formula is C22H19NO2. The predicted octanol–water partition coefficient (Wildman–Crippen LogP) is 3.59. The zero-order chi connectivity index (χ0) is 17.0. The van der Waals surface area contributed by atoms with Crippen LogP contribution in [-0.2, 0) is 16.0 Å². The Morgan fingerprint density at radius 1 is 0.800 bits per heavy atom. The Bertz CT molecular complexity index is 856. The first-order chi connectivity index (χ1) is 12.2. The van der Waals surface area contributed by atoms with E-state index in [0.29, 0.717) is 6.42 Å². The normalized spacial score (nSPS) is 29.5. The van der Waals surface area contributed by atoms with E-state index in [9.17, 15) is 9.59 Å². The van der Waals surface area contributed by atoms with Gasteiger partial charge in [-0.15, -0.1) is 0 Å². The maximum atomic E-state index is 13.1. The van der Waals surface area contributed by atoms with Gasteiger partial charge in [-0.25, -0.2) is 4.90 Å². The highest BCUT2D eigenvalue weighted by atomic mass is 16.2. The van der Waals surface area contributed by atoms with Gasteiger partial charge in [0, 0.05) is 0 Å². The third kappa shape index (κ3) is 2.12. The molecule has 2 bridgehead atoms. The first-order valence-corrected chi connectivity index (χ1v) is 8.92. The van der Waals surface area contributed by atoms with Gasteiger partial charge in [0.05, 0.1) is 17.5 Å². The topological polar surface area (TPSA) is 37.4 Å². The van der Waals surface area contributed by atoms with Gasteiger partial charge in [0.1, 0.15) is 0 Å². The van der Waals surface area contributed by atoms with E-state index in [4.69, 9.17) is 0 Å². The van der Waals surface area contributed by atoms with Gasteiger partial charge in [-0.3, -0.25) is 9.59 Å². The molecule has 2 fully saturated rings. The average Bonchev–Trinajstić information content (AvgIpc) is 3.31. The number of hydrogen-bond acceptors (Lipinski definition) is 2. The number of carbonyl (C=O) groups excluding carboxylic acids is 2. The van der Waals surface area contributed by atoms with E-state index in [-0.39, 0.29) is 35.5 Å². The van der Waals surface area contributed by atoms with Crippen LogP contribution in [0.25, 0.3) is 0 Å². The Balaban J connectivity index is 1.52. The van der Waals surface area contributed by atoms with Gasteiger partial charge < -0.3 is 0 Å². The summed E-state index contributed by atoms with van der Waals surface area (Å²) in [4.78, 5) is 27.6. The van der Waals surface area contributed by atoms with Crippen molar-refractivity contribution in [2.24, 2.45) is 23.7 Å². The van der Waals surface area contributed by atoms with Crippen molar-refractivity contribution in [3.05, 3.63) is 77.9 Å². The number of fused-ring (bicyclic) bond motifs is 5. The second-order valence-electron chi connectivity index (χ2n) is 7.30. The molecule has 2 aliphatic carbocycles. The predicted molar refractivity (Wildman–Crippen MR) is 95.9 cm³/mol. The fraction of sp³-hybridized carbons (Fsp3) is 0.273. The van der Waals surface area contributed by atoms with Crippen molar-refractivity contribution >= 4 is 17.5 Å². The van der Waals surface area contributed by atoms with Crippen LogP contribution in [0.4, 0.5) is 5.69 Å². The molecule has 2 aromatic carbocycles. The maximum Gasteiger partial charge on any atom is 0.238 e. The molecule has 3 aliphatic rings. The summed E-state index contributed by atoms with van der Waals surface area (Å²) >= 11 is 0. The molecule has 124 valence electrons.